The van der Waals surface area contributed by atoms with Gasteiger partial charge in [-0.2, -0.15) is 13.2 Å². The fourth-order valence-corrected chi connectivity index (χ4v) is 3.13. The summed E-state index contributed by atoms with van der Waals surface area (Å²) in [5, 5.41) is 2.35. The molecule has 3 rings (SSSR count). The van der Waals surface area contributed by atoms with Crippen molar-refractivity contribution in [3.05, 3.63) is 58.7 Å². The van der Waals surface area contributed by atoms with Gasteiger partial charge < -0.3 is 14.8 Å². The second-order valence-corrected chi connectivity index (χ2v) is 6.67. The normalized spacial score (nSPS) is 13.8. The van der Waals surface area contributed by atoms with Gasteiger partial charge in [0.25, 0.3) is 5.91 Å². The van der Waals surface area contributed by atoms with Gasteiger partial charge in [0.1, 0.15) is 5.82 Å². The van der Waals surface area contributed by atoms with Gasteiger partial charge in [-0.15, -0.1) is 0 Å². The predicted molar refractivity (Wildman–Crippen MR) is 101 cm³/mol. The van der Waals surface area contributed by atoms with E-state index in [0.29, 0.717) is 17.6 Å². The minimum absolute atomic E-state index is 0.121. The summed E-state index contributed by atoms with van der Waals surface area (Å²) < 4.78 is 50.1. The Morgan fingerprint density at radius 1 is 1.29 bits per heavy atom. The quantitative estimate of drug-likeness (QED) is 0.506. The van der Waals surface area contributed by atoms with Crippen LogP contribution in [0.3, 0.4) is 0 Å². The standard InChI is InChI=1S/C19H14BrF3N2O3/c1-3-13(19(21,22)23)10(2)18(26)25-17-5-4-11(8-24-17)12-6-15-16(7-14(12)20)28-9-27-15/h3-8H,1,9H2,2H3,(H,24,25,26)/b13-10-. The largest absolute Gasteiger partial charge is 0.454 e. The van der Waals surface area contributed by atoms with Crippen LogP contribution < -0.4 is 14.8 Å². The number of allylic oxidation sites excluding steroid dienone is 2. The van der Waals surface area contributed by atoms with E-state index in [1.165, 1.54) is 12.3 Å². The van der Waals surface area contributed by atoms with Crippen LogP contribution in [0.4, 0.5) is 19.0 Å². The Morgan fingerprint density at radius 3 is 2.54 bits per heavy atom. The van der Waals surface area contributed by atoms with Gasteiger partial charge in [-0.3, -0.25) is 4.79 Å². The maximum Gasteiger partial charge on any atom is 0.416 e. The van der Waals surface area contributed by atoms with E-state index in [9.17, 15) is 18.0 Å². The number of nitrogens with one attached hydrogen (secondary N) is 1. The smallest absolute Gasteiger partial charge is 0.416 e. The number of ether oxygens (including phenoxy) is 2. The maximum absolute atomic E-state index is 12.9. The van der Waals surface area contributed by atoms with Crippen molar-refractivity contribution >= 4 is 27.7 Å². The van der Waals surface area contributed by atoms with Crippen molar-refractivity contribution < 1.29 is 27.4 Å². The molecule has 2 aromatic rings. The molecular weight excluding hydrogens is 441 g/mol. The van der Waals surface area contributed by atoms with E-state index >= 15 is 0 Å². The van der Waals surface area contributed by atoms with Crippen molar-refractivity contribution in [2.45, 2.75) is 13.1 Å². The topological polar surface area (TPSA) is 60.5 Å². The average Bonchev–Trinajstić information content (AvgIpc) is 3.08. The minimum atomic E-state index is -4.66. The highest BCUT2D eigenvalue weighted by Crippen LogP contribution is 2.41. The summed E-state index contributed by atoms with van der Waals surface area (Å²) in [6.07, 6.45) is -2.55. The van der Waals surface area contributed by atoms with Gasteiger partial charge in [-0.1, -0.05) is 28.6 Å². The number of hydrogen-bond acceptors (Lipinski definition) is 4. The lowest BCUT2D eigenvalue weighted by molar-refractivity contribution is -0.114. The highest BCUT2D eigenvalue weighted by Gasteiger charge is 2.34. The molecule has 0 fully saturated rings. The first-order valence-electron chi connectivity index (χ1n) is 7.98. The van der Waals surface area contributed by atoms with Gasteiger partial charge in [0, 0.05) is 27.4 Å². The summed E-state index contributed by atoms with van der Waals surface area (Å²) in [7, 11) is 0. The molecular formula is C19H14BrF3N2O3. The molecule has 28 heavy (non-hydrogen) atoms. The molecule has 1 N–H and O–H groups in total. The van der Waals surface area contributed by atoms with E-state index in [0.717, 1.165) is 22.5 Å². The zero-order chi connectivity index (χ0) is 20.5. The van der Waals surface area contributed by atoms with Gasteiger partial charge in [0.05, 0.1) is 5.57 Å². The molecule has 9 heteroatoms. The highest BCUT2D eigenvalue weighted by molar-refractivity contribution is 9.10. The Morgan fingerprint density at radius 2 is 1.96 bits per heavy atom. The molecule has 0 saturated carbocycles. The van der Waals surface area contributed by atoms with Crippen LogP contribution in [0.1, 0.15) is 6.92 Å². The second kappa shape index (κ2) is 7.67. The number of carbonyl (C=O) groups excluding carboxylic acids is 1. The molecule has 1 aliphatic heterocycles. The van der Waals surface area contributed by atoms with E-state index in [4.69, 9.17) is 9.47 Å². The molecule has 0 saturated heterocycles. The molecule has 0 unspecified atom stereocenters. The van der Waals surface area contributed by atoms with Gasteiger partial charge >= 0.3 is 6.18 Å². The minimum Gasteiger partial charge on any atom is -0.454 e. The molecule has 1 aromatic heterocycles. The molecule has 1 aromatic carbocycles. The van der Waals surface area contributed by atoms with Crippen molar-refractivity contribution in [2.75, 3.05) is 12.1 Å². The third-order valence-electron chi connectivity index (χ3n) is 4.03. The lowest BCUT2D eigenvalue weighted by Gasteiger charge is -2.12. The van der Waals surface area contributed by atoms with Crippen LogP contribution in [0.15, 0.2) is 58.7 Å². The number of anilines is 1. The fraction of sp³-hybridized carbons (Fsp3) is 0.158. The first-order chi connectivity index (χ1) is 13.2. The van der Waals surface area contributed by atoms with Crippen molar-refractivity contribution in [3.8, 4) is 22.6 Å². The molecule has 0 aliphatic carbocycles. The highest BCUT2D eigenvalue weighted by atomic mass is 79.9. The van der Waals surface area contributed by atoms with Gasteiger partial charge in [-0.05, 0) is 31.2 Å². The van der Waals surface area contributed by atoms with Crippen LogP contribution in [-0.4, -0.2) is 23.9 Å². The monoisotopic (exact) mass is 454 g/mol. The van der Waals surface area contributed by atoms with Crippen molar-refractivity contribution in [1.29, 1.82) is 0 Å². The number of aromatic nitrogens is 1. The first-order valence-corrected chi connectivity index (χ1v) is 8.77. The van der Waals surface area contributed by atoms with E-state index in [2.05, 4.69) is 32.8 Å². The zero-order valence-electron chi connectivity index (χ0n) is 14.6. The fourth-order valence-electron chi connectivity index (χ4n) is 2.58. The van der Waals surface area contributed by atoms with Crippen LogP contribution in [0.5, 0.6) is 11.5 Å². The molecule has 0 radical (unpaired) electrons. The summed E-state index contributed by atoms with van der Waals surface area (Å²) in [5.41, 5.74) is -0.0768. The van der Waals surface area contributed by atoms with Crippen molar-refractivity contribution in [1.82, 2.24) is 4.98 Å². The Bertz CT molecular complexity index is 970. The summed E-state index contributed by atoms with van der Waals surface area (Å²) >= 11 is 3.45. The van der Waals surface area contributed by atoms with Gasteiger partial charge in [-0.25, -0.2) is 4.98 Å². The number of alkyl halides is 3. The van der Waals surface area contributed by atoms with Crippen molar-refractivity contribution in [2.24, 2.45) is 0 Å². The lowest BCUT2D eigenvalue weighted by atomic mass is 10.1. The van der Waals surface area contributed by atoms with Gasteiger partial charge in [0.15, 0.2) is 11.5 Å². The van der Waals surface area contributed by atoms with Crippen LogP contribution >= 0.6 is 15.9 Å². The summed E-state index contributed by atoms with van der Waals surface area (Å²) in [4.78, 5) is 16.2. The maximum atomic E-state index is 12.9. The Labute approximate surface area is 167 Å². The number of halogens is 4. The average molecular weight is 455 g/mol. The predicted octanol–water partition coefficient (Wildman–Crippen LogP) is 5.24. The second-order valence-electron chi connectivity index (χ2n) is 5.81. The SMILES string of the molecule is C=C/C(=C(\C)C(=O)Nc1ccc(-c2cc3c(cc2Br)OCO3)cn1)C(F)(F)F. The van der Waals surface area contributed by atoms with Crippen molar-refractivity contribution in [3.63, 3.8) is 0 Å². The molecule has 1 amide bonds. The summed E-state index contributed by atoms with van der Waals surface area (Å²) in [6.45, 7) is 4.35. The Kier molecular flexibility index (Phi) is 5.46. The van der Waals surface area contributed by atoms with Crippen LogP contribution in [0, 0.1) is 0 Å². The zero-order valence-corrected chi connectivity index (χ0v) is 16.1. The number of nitrogens with zero attached hydrogens (tertiary/aromatic N) is 1. The molecule has 0 spiro atoms. The number of benzene rings is 1. The van der Waals surface area contributed by atoms with Crippen LogP contribution in [0.25, 0.3) is 11.1 Å². The Balaban J connectivity index is 1.81. The number of amides is 1. The van der Waals surface area contributed by atoms with E-state index in [-0.39, 0.29) is 12.6 Å². The van der Waals surface area contributed by atoms with Crippen LogP contribution in [0.2, 0.25) is 0 Å². The number of carbonyl (C=O) groups is 1. The number of hydrogen-bond donors (Lipinski definition) is 1. The van der Waals surface area contributed by atoms with Crippen LogP contribution in [-0.2, 0) is 4.79 Å². The molecule has 5 nitrogen and oxygen atoms in total. The van der Waals surface area contributed by atoms with Gasteiger partial charge in [0.2, 0.25) is 6.79 Å². The molecule has 1 aliphatic rings. The number of rotatable bonds is 4. The molecule has 146 valence electrons. The number of fused-ring (bicyclic) bond motifs is 1. The summed E-state index contributed by atoms with van der Waals surface area (Å²) in [6, 6.07) is 6.74. The third-order valence-corrected chi connectivity index (χ3v) is 4.69. The van der Waals surface area contributed by atoms with E-state index < -0.39 is 23.2 Å². The summed E-state index contributed by atoms with van der Waals surface area (Å²) in [5.74, 6) is 0.435. The lowest BCUT2D eigenvalue weighted by Crippen LogP contribution is -2.20. The van der Waals surface area contributed by atoms with E-state index in [1.54, 1.807) is 18.2 Å². The van der Waals surface area contributed by atoms with E-state index in [1.807, 2.05) is 0 Å². The third kappa shape index (κ3) is 4.04. The molecule has 2 heterocycles. The molecule has 0 bridgehead atoms. The number of pyridine rings is 1. The first kappa shape index (κ1) is 19.9. The molecule has 0 atom stereocenters. The Hall–Kier alpha value is -2.81.